The number of aromatic amines is 1. The van der Waals surface area contributed by atoms with Gasteiger partial charge in [0.25, 0.3) is 11.5 Å². The van der Waals surface area contributed by atoms with E-state index in [1.54, 1.807) is 0 Å². The number of rotatable bonds is 3. The average Bonchev–Trinajstić information content (AvgIpc) is 3.02. The molecule has 0 spiro atoms. The van der Waals surface area contributed by atoms with E-state index in [2.05, 4.69) is 10.3 Å². The Morgan fingerprint density at radius 3 is 2.33 bits per heavy atom. The highest BCUT2D eigenvalue weighted by molar-refractivity contribution is 6.11. The van der Waals surface area contributed by atoms with Gasteiger partial charge in [-0.25, -0.2) is 22.5 Å². The summed E-state index contributed by atoms with van der Waals surface area (Å²) in [5.74, 6) is -3.12. The highest BCUT2D eigenvalue weighted by Crippen LogP contribution is 2.20. The number of aromatic nitrogens is 3. The minimum atomic E-state index is -0.976. The van der Waals surface area contributed by atoms with Crippen LogP contribution in [0.4, 0.5) is 18.9 Å². The minimum Gasteiger partial charge on any atom is -0.344 e. The number of halogens is 3. The SMILES string of the molecule is Cn1cc(C(=O)Nc2ccc(F)cc2F)c2[nH]c(=O)n(-c3ccc(F)cc3)c(=O)c21. The van der Waals surface area contributed by atoms with Crippen molar-refractivity contribution in [3.8, 4) is 5.69 Å². The van der Waals surface area contributed by atoms with Crippen molar-refractivity contribution in [3.63, 3.8) is 0 Å². The predicted octanol–water partition coefficient (Wildman–Crippen LogP) is 2.69. The molecule has 0 bridgehead atoms. The monoisotopic (exact) mass is 414 g/mol. The standard InChI is InChI=1S/C20H13F3N4O3/c1-26-9-13(18(28)24-15-7-4-11(22)8-14(15)23)16-17(26)19(29)27(20(30)25-16)12-5-2-10(21)3-6-12/h2-9H,1H3,(H,24,28)(H,25,30). The summed E-state index contributed by atoms with van der Waals surface area (Å²) in [5.41, 5.74) is -1.82. The molecule has 7 nitrogen and oxygen atoms in total. The summed E-state index contributed by atoms with van der Waals surface area (Å²) < 4.78 is 42.2. The molecule has 10 heteroatoms. The molecule has 0 aliphatic heterocycles. The van der Waals surface area contributed by atoms with E-state index in [4.69, 9.17) is 0 Å². The summed E-state index contributed by atoms with van der Waals surface area (Å²) in [5, 5.41) is 2.28. The number of amides is 1. The Labute approximate surface area is 166 Å². The first-order valence-corrected chi connectivity index (χ1v) is 8.63. The van der Waals surface area contributed by atoms with E-state index in [1.165, 1.54) is 29.9 Å². The molecule has 2 N–H and O–H groups in total. The summed E-state index contributed by atoms with van der Waals surface area (Å²) in [6.45, 7) is 0. The normalized spacial score (nSPS) is 11.1. The Kier molecular flexibility index (Phi) is 4.53. The zero-order valence-corrected chi connectivity index (χ0v) is 15.4. The van der Waals surface area contributed by atoms with Crippen LogP contribution in [0.15, 0.2) is 58.3 Å². The number of nitrogens with one attached hydrogen (secondary N) is 2. The number of aryl methyl sites for hydroxylation is 1. The van der Waals surface area contributed by atoms with Crippen molar-refractivity contribution in [2.75, 3.05) is 5.32 Å². The van der Waals surface area contributed by atoms with Crippen LogP contribution in [0.1, 0.15) is 10.4 Å². The van der Waals surface area contributed by atoms with Gasteiger partial charge >= 0.3 is 5.69 Å². The summed E-state index contributed by atoms with van der Waals surface area (Å²) in [7, 11) is 1.49. The number of hydrogen-bond acceptors (Lipinski definition) is 3. The van der Waals surface area contributed by atoms with Gasteiger partial charge in [0.15, 0.2) is 0 Å². The Morgan fingerprint density at radius 2 is 1.67 bits per heavy atom. The first kappa shape index (κ1) is 19.2. The highest BCUT2D eigenvalue weighted by atomic mass is 19.1. The van der Waals surface area contributed by atoms with Crippen LogP contribution in [0.5, 0.6) is 0 Å². The summed E-state index contributed by atoms with van der Waals surface area (Å²) in [6, 6.07) is 7.39. The Hall–Kier alpha value is -4.08. The molecule has 0 atom stereocenters. The molecule has 0 aliphatic carbocycles. The number of H-pyrrole nitrogens is 1. The van der Waals surface area contributed by atoms with Crippen LogP contribution in [0, 0.1) is 17.5 Å². The predicted molar refractivity (Wildman–Crippen MR) is 103 cm³/mol. The second kappa shape index (κ2) is 7.07. The second-order valence-electron chi connectivity index (χ2n) is 6.50. The fourth-order valence-corrected chi connectivity index (χ4v) is 3.15. The van der Waals surface area contributed by atoms with Crippen molar-refractivity contribution >= 4 is 22.6 Å². The van der Waals surface area contributed by atoms with Crippen molar-refractivity contribution in [3.05, 3.63) is 92.5 Å². The average molecular weight is 414 g/mol. The third-order valence-electron chi connectivity index (χ3n) is 4.53. The fourth-order valence-electron chi connectivity index (χ4n) is 3.15. The maximum atomic E-state index is 13.8. The molecule has 4 rings (SSSR count). The summed E-state index contributed by atoms with van der Waals surface area (Å²) in [4.78, 5) is 40.6. The number of nitrogens with zero attached hydrogens (tertiary/aromatic N) is 2. The lowest BCUT2D eigenvalue weighted by molar-refractivity contribution is 0.102. The number of anilines is 1. The maximum absolute atomic E-state index is 13.8. The smallest absolute Gasteiger partial charge is 0.333 e. The van der Waals surface area contributed by atoms with Gasteiger partial charge in [0.05, 0.1) is 22.5 Å². The number of carbonyl (C=O) groups is 1. The summed E-state index contributed by atoms with van der Waals surface area (Å²) in [6.07, 6.45) is 1.30. The van der Waals surface area contributed by atoms with Gasteiger partial charge in [-0.15, -0.1) is 0 Å². The Balaban J connectivity index is 1.83. The minimum absolute atomic E-state index is 0.00338. The topological polar surface area (TPSA) is 88.9 Å². The van der Waals surface area contributed by atoms with E-state index in [0.717, 1.165) is 28.8 Å². The van der Waals surface area contributed by atoms with Crippen LogP contribution in [0.25, 0.3) is 16.7 Å². The van der Waals surface area contributed by atoms with Gasteiger partial charge in [-0.3, -0.25) is 9.59 Å². The van der Waals surface area contributed by atoms with Crippen LogP contribution in [-0.2, 0) is 7.05 Å². The molecular formula is C20H13F3N4O3. The van der Waals surface area contributed by atoms with Gasteiger partial charge in [0.2, 0.25) is 0 Å². The molecule has 30 heavy (non-hydrogen) atoms. The number of fused-ring (bicyclic) bond motifs is 1. The van der Waals surface area contributed by atoms with E-state index >= 15 is 0 Å². The van der Waals surface area contributed by atoms with Crippen molar-refractivity contribution in [1.29, 1.82) is 0 Å². The van der Waals surface area contributed by atoms with Gasteiger partial charge in [0, 0.05) is 19.3 Å². The number of hydrogen-bond donors (Lipinski definition) is 2. The van der Waals surface area contributed by atoms with E-state index in [-0.39, 0.29) is 28.0 Å². The lowest BCUT2D eigenvalue weighted by Gasteiger charge is -2.07. The molecule has 0 aliphatic rings. The lowest BCUT2D eigenvalue weighted by atomic mass is 10.2. The van der Waals surface area contributed by atoms with Crippen LogP contribution in [0.2, 0.25) is 0 Å². The van der Waals surface area contributed by atoms with Gasteiger partial charge < -0.3 is 14.9 Å². The molecule has 1 amide bonds. The fraction of sp³-hybridized carbons (Fsp3) is 0.0500. The van der Waals surface area contributed by atoms with Crippen molar-refractivity contribution < 1.29 is 18.0 Å². The number of carbonyl (C=O) groups excluding carboxylic acids is 1. The molecule has 0 saturated heterocycles. The molecule has 152 valence electrons. The molecule has 2 aromatic heterocycles. The first-order valence-electron chi connectivity index (χ1n) is 8.63. The Bertz CT molecular complexity index is 1420. The van der Waals surface area contributed by atoms with Crippen molar-refractivity contribution in [2.45, 2.75) is 0 Å². The molecule has 0 fully saturated rings. The Morgan fingerprint density at radius 1 is 1.00 bits per heavy atom. The van der Waals surface area contributed by atoms with Crippen LogP contribution in [-0.4, -0.2) is 20.0 Å². The van der Waals surface area contributed by atoms with Gasteiger partial charge in [0.1, 0.15) is 23.0 Å². The quantitative estimate of drug-likeness (QED) is 0.540. The second-order valence-corrected chi connectivity index (χ2v) is 6.50. The molecule has 0 radical (unpaired) electrons. The number of benzene rings is 2. The molecule has 2 aromatic carbocycles. The lowest BCUT2D eigenvalue weighted by Crippen LogP contribution is -2.34. The zero-order valence-electron chi connectivity index (χ0n) is 15.4. The molecule has 4 aromatic rings. The van der Waals surface area contributed by atoms with Gasteiger partial charge in [-0.05, 0) is 36.4 Å². The third kappa shape index (κ3) is 3.17. The molecular weight excluding hydrogens is 401 g/mol. The van der Waals surface area contributed by atoms with Gasteiger partial charge in [-0.2, -0.15) is 0 Å². The van der Waals surface area contributed by atoms with Crippen LogP contribution < -0.4 is 16.6 Å². The van der Waals surface area contributed by atoms with E-state index in [0.29, 0.717) is 6.07 Å². The van der Waals surface area contributed by atoms with E-state index < -0.39 is 34.6 Å². The largest absolute Gasteiger partial charge is 0.344 e. The van der Waals surface area contributed by atoms with Gasteiger partial charge in [-0.1, -0.05) is 0 Å². The highest BCUT2D eigenvalue weighted by Gasteiger charge is 2.21. The third-order valence-corrected chi connectivity index (χ3v) is 4.53. The summed E-state index contributed by atoms with van der Waals surface area (Å²) >= 11 is 0. The molecule has 0 unspecified atom stereocenters. The van der Waals surface area contributed by atoms with Crippen LogP contribution >= 0.6 is 0 Å². The zero-order chi connectivity index (χ0) is 21.6. The maximum Gasteiger partial charge on any atom is 0.333 e. The van der Waals surface area contributed by atoms with Crippen molar-refractivity contribution in [1.82, 2.24) is 14.1 Å². The molecule has 2 heterocycles. The van der Waals surface area contributed by atoms with E-state index in [1.807, 2.05) is 0 Å². The first-order chi connectivity index (χ1) is 14.3. The molecule has 0 saturated carbocycles. The van der Waals surface area contributed by atoms with Crippen LogP contribution in [0.3, 0.4) is 0 Å². The van der Waals surface area contributed by atoms with E-state index in [9.17, 15) is 27.6 Å². The van der Waals surface area contributed by atoms with Crippen molar-refractivity contribution in [2.24, 2.45) is 7.05 Å².